The second-order valence-electron chi connectivity index (χ2n) is 23.8. The maximum atomic E-state index is 2.74. The average Bonchev–Trinajstić information content (AvgIpc) is 3.50. The Morgan fingerprint density at radius 2 is 1.03 bits per heavy atom. The molecule has 2 heteroatoms. The van der Waals surface area contributed by atoms with Crippen LogP contribution in [0.25, 0.3) is 22.3 Å². The molecule has 65 heavy (non-hydrogen) atoms. The van der Waals surface area contributed by atoms with Crippen molar-refractivity contribution >= 4 is 34.1 Å². The van der Waals surface area contributed by atoms with E-state index in [0.717, 1.165) is 0 Å². The monoisotopic (exact) mass is 851 g/mol. The Hall–Kier alpha value is -5.86. The standard InChI is InChI=1S/C63H66N2/c1-38-32-40(39-20-15-14-16-21-39)26-28-50(38)64-51-29-27-41(59(2,3)4)33-45(51)56-46-36-48-49(62(10,11)31-30-61(48,8)9)37-53(46)65(55-35-42(60(5,6)7)34-54(64)57(55)56)52-25-19-23-44-43-22-17-18-24-47(43)63(12,13)58(44)52/h14-29,32-37,56H,30-31H2,1-13H3. The Labute approximate surface area is 389 Å². The van der Waals surface area contributed by atoms with E-state index < -0.39 is 0 Å². The van der Waals surface area contributed by atoms with E-state index in [0.29, 0.717) is 0 Å². The van der Waals surface area contributed by atoms with Crippen molar-refractivity contribution in [3.8, 4) is 22.3 Å². The highest BCUT2D eigenvalue weighted by Crippen LogP contribution is 2.65. The first-order valence-electron chi connectivity index (χ1n) is 24.2. The van der Waals surface area contributed by atoms with Gasteiger partial charge >= 0.3 is 0 Å². The molecule has 2 heterocycles. The first-order chi connectivity index (χ1) is 30.7. The summed E-state index contributed by atoms with van der Waals surface area (Å²) >= 11 is 0. The molecule has 1 atom stereocenters. The molecule has 7 aromatic carbocycles. The summed E-state index contributed by atoms with van der Waals surface area (Å²) in [4.78, 5) is 5.38. The van der Waals surface area contributed by atoms with Gasteiger partial charge in [-0.25, -0.2) is 0 Å². The lowest BCUT2D eigenvalue weighted by atomic mass is 9.61. The van der Waals surface area contributed by atoms with E-state index in [1.165, 1.54) is 125 Å². The molecule has 2 aliphatic heterocycles. The fraction of sp³-hybridized carbons (Fsp3) is 0.333. The molecule has 328 valence electrons. The van der Waals surface area contributed by atoms with Crippen LogP contribution in [0.5, 0.6) is 0 Å². The molecule has 0 N–H and O–H groups in total. The van der Waals surface area contributed by atoms with Crippen molar-refractivity contribution in [2.24, 2.45) is 0 Å². The average molecular weight is 851 g/mol. The molecule has 4 aliphatic rings. The molecule has 0 saturated carbocycles. The summed E-state index contributed by atoms with van der Waals surface area (Å²) in [6.07, 6.45) is 2.34. The van der Waals surface area contributed by atoms with Gasteiger partial charge in [-0.1, -0.05) is 174 Å². The lowest BCUT2D eigenvalue weighted by Crippen LogP contribution is -2.36. The van der Waals surface area contributed by atoms with Crippen LogP contribution in [0.1, 0.15) is 157 Å². The van der Waals surface area contributed by atoms with Crippen molar-refractivity contribution < 1.29 is 0 Å². The minimum atomic E-state index is -0.200. The minimum absolute atomic E-state index is 0.0249. The molecule has 11 rings (SSSR count). The van der Waals surface area contributed by atoms with Gasteiger partial charge in [0.1, 0.15) is 0 Å². The van der Waals surface area contributed by atoms with Gasteiger partial charge in [-0.05, 0) is 156 Å². The van der Waals surface area contributed by atoms with Crippen molar-refractivity contribution in [2.75, 3.05) is 9.80 Å². The molecular formula is C63H66N2. The predicted molar refractivity (Wildman–Crippen MR) is 277 cm³/mol. The fourth-order valence-corrected chi connectivity index (χ4v) is 12.2. The van der Waals surface area contributed by atoms with E-state index >= 15 is 0 Å². The molecule has 2 nitrogen and oxygen atoms in total. The van der Waals surface area contributed by atoms with Crippen molar-refractivity contribution in [1.82, 2.24) is 0 Å². The maximum Gasteiger partial charge on any atom is 0.0527 e. The van der Waals surface area contributed by atoms with Gasteiger partial charge < -0.3 is 9.80 Å². The van der Waals surface area contributed by atoms with Crippen LogP contribution in [0, 0.1) is 6.92 Å². The van der Waals surface area contributed by atoms with E-state index in [9.17, 15) is 0 Å². The third-order valence-corrected chi connectivity index (χ3v) is 16.1. The largest absolute Gasteiger partial charge is 0.310 e. The van der Waals surface area contributed by atoms with Crippen LogP contribution in [0.3, 0.4) is 0 Å². The summed E-state index contributed by atoms with van der Waals surface area (Å²) in [5.74, 6) is 0.0332. The predicted octanol–water partition coefficient (Wildman–Crippen LogP) is 17.7. The van der Waals surface area contributed by atoms with E-state index in [2.05, 4.69) is 233 Å². The second-order valence-corrected chi connectivity index (χ2v) is 23.8. The number of benzene rings is 7. The topological polar surface area (TPSA) is 6.48 Å². The lowest BCUT2D eigenvalue weighted by Gasteiger charge is -2.49. The van der Waals surface area contributed by atoms with Crippen LogP contribution in [-0.2, 0) is 27.1 Å². The number of rotatable bonds is 3. The summed E-state index contributed by atoms with van der Waals surface area (Å²) < 4.78 is 0. The molecular weight excluding hydrogens is 785 g/mol. The number of nitrogens with zero attached hydrogens (tertiary/aromatic N) is 2. The Balaban J connectivity index is 1.29. The molecule has 1 unspecified atom stereocenters. The molecule has 0 spiro atoms. The fourth-order valence-electron chi connectivity index (χ4n) is 12.2. The van der Waals surface area contributed by atoms with Gasteiger partial charge in [0, 0.05) is 22.6 Å². The highest BCUT2D eigenvalue weighted by atomic mass is 15.2. The summed E-state index contributed by atoms with van der Waals surface area (Å²) in [6, 6.07) is 52.1. The normalized spacial score (nSPS) is 18.3. The Morgan fingerprint density at radius 3 is 1.69 bits per heavy atom. The Kier molecular flexibility index (Phi) is 8.90. The van der Waals surface area contributed by atoms with Gasteiger partial charge in [0.25, 0.3) is 0 Å². The van der Waals surface area contributed by atoms with Crippen molar-refractivity contribution in [1.29, 1.82) is 0 Å². The smallest absolute Gasteiger partial charge is 0.0527 e. The van der Waals surface area contributed by atoms with Crippen LogP contribution in [-0.4, -0.2) is 0 Å². The van der Waals surface area contributed by atoms with Crippen LogP contribution in [0.2, 0.25) is 0 Å². The minimum Gasteiger partial charge on any atom is -0.310 e. The number of anilines is 6. The summed E-state index contributed by atoms with van der Waals surface area (Å²) in [5.41, 5.74) is 26.6. The number of hydrogen-bond donors (Lipinski definition) is 0. The summed E-state index contributed by atoms with van der Waals surface area (Å²) in [5, 5.41) is 0. The van der Waals surface area contributed by atoms with Gasteiger partial charge in [0.2, 0.25) is 0 Å². The van der Waals surface area contributed by atoms with Crippen LogP contribution >= 0.6 is 0 Å². The summed E-state index contributed by atoms with van der Waals surface area (Å²) in [7, 11) is 0. The number of fused-ring (bicyclic) bond motifs is 8. The third-order valence-electron chi connectivity index (χ3n) is 16.1. The van der Waals surface area contributed by atoms with Gasteiger partial charge in [0.15, 0.2) is 0 Å². The summed E-state index contributed by atoms with van der Waals surface area (Å²) in [6.45, 7) is 31.4. The zero-order chi connectivity index (χ0) is 45.7. The molecule has 0 aromatic heterocycles. The van der Waals surface area contributed by atoms with Gasteiger partial charge in [-0.2, -0.15) is 0 Å². The van der Waals surface area contributed by atoms with Crippen molar-refractivity contribution in [3.63, 3.8) is 0 Å². The first kappa shape index (κ1) is 41.8. The van der Waals surface area contributed by atoms with E-state index in [4.69, 9.17) is 0 Å². The molecule has 7 aromatic rings. The zero-order valence-corrected chi connectivity index (χ0v) is 41.1. The zero-order valence-electron chi connectivity index (χ0n) is 41.1. The number of hydrogen-bond acceptors (Lipinski definition) is 2. The highest BCUT2D eigenvalue weighted by molar-refractivity contribution is 6.00. The SMILES string of the molecule is Cc1cc(-c2ccccc2)ccc1N1c2ccc(C(C)(C)C)cc2C2c3cc4c(cc3N(c3cccc5c3C(C)(C)c3ccccc3-5)c3cc(C(C)(C)C)cc1c32)C(C)(C)CCC4(C)C. The van der Waals surface area contributed by atoms with Crippen molar-refractivity contribution in [3.05, 3.63) is 189 Å². The lowest BCUT2D eigenvalue weighted by molar-refractivity contribution is 0.331. The molecule has 0 fully saturated rings. The quantitative estimate of drug-likeness (QED) is 0.175. The molecule has 0 amide bonds. The molecule has 2 aliphatic carbocycles. The van der Waals surface area contributed by atoms with Crippen molar-refractivity contribution in [2.45, 2.75) is 136 Å². The molecule has 0 saturated heterocycles. The van der Waals surface area contributed by atoms with E-state index in [1.54, 1.807) is 0 Å². The van der Waals surface area contributed by atoms with Gasteiger partial charge in [0.05, 0.1) is 28.4 Å². The van der Waals surface area contributed by atoms with Crippen LogP contribution in [0.4, 0.5) is 34.1 Å². The van der Waals surface area contributed by atoms with Gasteiger partial charge in [-0.3, -0.25) is 0 Å². The maximum absolute atomic E-state index is 2.74. The third kappa shape index (κ3) is 6.18. The Morgan fingerprint density at radius 1 is 0.446 bits per heavy atom. The number of aryl methyl sites for hydroxylation is 1. The molecule has 0 bridgehead atoms. The second kappa shape index (κ2) is 13.8. The van der Waals surface area contributed by atoms with Crippen LogP contribution < -0.4 is 9.80 Å². The van der Waals surface area contributed by atoms with Gasteiger partial charge in [-0.15, -0.1) is 0 Å². The van der Waals surface area contributed by atoms with E-state index in [1.807, 2.05) is 0 Å². The van der Waals surface area contributed by atoms with Crippen LogP contribution in [0.15, 0.2) is 133 Å². The highest BCUT2D eigenvalue weighted by Gasteiger charge is 2.47. The molecule has 0 radical (unpaired) electrons. The van der Waals surface area contributed by atoms with E-state index in [-0.39, 0.29) is 33.0 Å². The Bertz CT molecular complexity index is 3110. The first-order valence-corrected chi connectivity index (χ1v) is 24.2.